The number of fused-ring (bicyclic) bond motifs is 1. The first-order chi connectivity index (χ1) is 16.5. The molecule has 0 spiro atoms. The van der Waals surface area contributed by atoms with Crippen LogP contribution in [-0.2, 0) is 19.1 Å². The quantitative estimate of drug-likeness (QED) is 0.697. The molecule has 9 heteroatoms. The van der Waals surface area contributed by atoms with Crippen LogP contribution in [0.5, 0.6) is 5.75 Å². The van der Waals surface area contributed by atoms with Crippen molar-refractivity contribution < 1.29 is 23.9 Å². The summed E-state index contributed by atoms with van der Waals surface area (Å²) in [6.07, 6.45) is -0.405. The summed E-state index contributed by atoms with van der Waals surface area (Å²) in [5.74, 6) is -0.194. The smallest absolute Gasteiger partial charge is 0.274 e. The lowest BCUT2D eigenvalue weighted by Gasteiger charge is -2.37. The zero-order valence-electron chi connectivity index (χ0n) is 19.0. The van der Waals surface area contributed by atoms with Crippen molar-refractivity contribution in [1.29, 1.82) is 0 Å². The summed E-state index contributed by atoms with van der Waals surface area (Å²) in [6.45, 7) is 3.96. The molecule has 3 heterocycles. The molecule has 1 saturated heterocycles. The van der Waals surface area contributed by atoms with Crippen LogP contribution in [0.1, 0.15) is 18.4 Å². The summed E-state index contributed by atoms with van der Waals surface area (Å²) in [5.41, 5.74) is 2.47. The van der Waals surface area contributed by atoms with Gasteiger partial charge >= 0.3 is 0 Å². The average Bonchev–Trinajstić information content (AvgIpc) is 2.88. The second-order valence-electron chi connectivity index (χ2n) is 8.52. The van der Waals surface area contributed by atoms with Crippen LogP contribution >= 0.6 is 0 Å². The minimum absolute atomic E-state index is 0.0729. The Balaban J connectivity index is 1.44. The van der Waals surface area contributed by atoms with Gasteiger partial charge in [0, 0.05) is 25.9 Å². The summed E-state index contributed by atoms with van der Waals surface area (Å²) in [7, 11) is 0. The predicted molar refractivity (Wildman–Crippen MR) is 126 cm³/mol. The molecule has 2 aromatic carbocycles. The molecule has 5 rings (SSSR count). The molecule has 9 nitrogen and oxygen atoms in total. The zero-order valence-corrected chi connectivity index (χ0v) is 19.0. The van der Waals surface area contributed by atoms with Gasteiger partial charge in [0.25, 0.3) is 11.8 Å². The summed E-state index contributed by atoms with van der Waals surface area (Å²) >= 11 is 0. The Kier molecular flexibility index (Phi) is 6.02. The molecule has 0 saturated carbocycles. The zero-order chi connectivity index (χ0) is 23.7. The molecule has 0 N–H and O–H groups in total. The number of hydrogen-bond acceptors (Lipinski definition) is 6. The number of carbonyl (C=O) groups is 3. The summed E-state index contributed by atoms with van der Waals surface area (Å²) < 4.78 is 11.4. The Morgan fingerprint density at radius 3 is 2.62 bits per heavy atom. The fraction of sp³-hybridized carbons (Fsp3) is 0.360. The molecule has 176 valence electrons. The highest BCUT2D eigenvalue weighted by atomic mass is 16.5. The van der Waals surface area contributed by atoms with Gasteiger partial charge in [-0.2, -0.15) is 5.10 Å². The van der Waals surface area contributed by atoms with E-state index in [-0.39, 0.29) is 42.8 Å². The molecule has 3 aliphatic heterocycles. The molecular weight excluding hydrogens is 436 g/mol. The lowest BCUT2D eigenvalue weighted by molar-refractivity contribution is -0.142. The van der Waals surface area contributed by atoms with E-state index in [0.29, 0.717) is 43.4 Å². The van der Waals surface area contributed by atoms with E-state index in [0.717, 1.165) is 5.56 Å². The molecule has 0 radical (unpaired) electrons. The van der Waals surface area contributed by atoms with Gasteiger partial charge in [0.15, 0.2) is 6.10 Å². The Bertz CT molecular complexity index is 1160. The molecule has 0 aliphatic carbocycles. The van der Waals surface area contributed by atoms with Crippen LogP contribution in [0.15, 0.2) is 53.6 Å². The Morgan fingerprint density at radius 2 is 1.82 bits per heavy atom. The van der Waals surface area contributed by atoms with Crippen molar-refractivity contribution in [3.8, 4) is 5.75 Å². The maximum Gasteiger partial charge on any atom is 0.274 e. The van der Waals surface area contributed by atoms with Gasteiger partial charge in [0.2, 0.25) is 5.91 Å². The first-order valence-corrected chi connectivity index (χ1v) is 11.4. The molecule has 1 fully saturated rings. The van der Waals surface area contributed by atoms with Crippen molar-refractivity contribution in [1.82, 2.24) is 4.90 Å². The van der Waals surface area contributed by atoms with Crippen LogP contribution in [0, 0.1) is 6.92 Å². The highest BCUT2D eigenvalue weighted by Crippen LogP contribution is 2.34. The van der Waals surface area contributed by atoms with E-state index in [1.165, 1.54) is 5.01 Å². The Morgan fingerprint density at radius 1 is 1.03 bits per heavy atom. The highest BCUT2D eigenvalue weighted by molar-refractivity contribution is 6.45. The Hall–Kier alpha value is -3.72. The third kappa shape index (κ3) is 4.26. The average molecular weight is 463 g/mol. The summed E-state index contributed by atoms with van der Waals surface area (Å²) in [5, 5.41) is 5.74. The van der Waals surface area contributed by atoms with E-state index in [9.17, 15) is 14.4 Å². The summed E-state index contributed by atoms with van der Waals surface area (Å²) in [6, 6.07) is 14.6. The number of nitrogens with zero attached hydrogens (tertiary/aromatic N) is 4. The minimum atomic E-state index is -0.823. The van der Waals surface area contributed by atoms with Gasteiger partial charge in [0.1, 0.15) is 11.5 Å². The topological polar surface area (TPSA) is 91.8 Å². The van der Waals surface area contributed by atoms with Crippen molar-refractivity contribution in [3.05, 3.63) is 54.1 Å². The number of morpholine rings is 1. The monoisotopic (exact) mass is 462 g/mol. The first kappa shape index (κ1) is 22.1. The van der Waals surface area contributed by atoms with Crippen LogP contribution in [0.25, 0.3) is 0 Å². The molecular formula is C25H26N4O5. The van der Waals surface area contributed by atoms with Crippen LogP contribution < -0.4 is 14.6 Å². The van der Waals surface area contributed by atoms with E-state index in [1.807, 2.05) is 31.2 Å². The summed E-state index contributed by atoms with van der Waals surface area (Å²) in [4.78, 5) is 42.6. The molecule has 34 heavy (non-hydrogen) atoms. The largest absolute Gasteiger partial charge is 0.476 e. The van der Waals surface area contributed by atoms with E-state index < -0.39 is 6.10 Å². The van der Waals surface area contributed by atoms with Gasteiger partial charge in [-0.05, 0) is 36.8 Å². The van der Waals surface area contributed by atoms with Gasteiger partial charge in [-0.1, -0.05) is 24.3 Å². The number of hydrogen-bond donors (Lipinski definition) is 0. The van der Waals surface area contributed by atoms with Crippen molar-refractivity contribution in [3.63, 3.8) is 0 Å². The molecule has 3 amide bonds. The maximum atomic E-state index is 13.7. The van der Waals surface area contributed by atoms with Crippen LogP contribution in [-0.4, -0.2) is 67.3 Å². The van der Waals surface area contributed by atoms with E-state index >= 15 is 0 Å². The van der Waals surface area contributed by atoms with E-state index in [2.05, 4.69) is 5.10 Å². The normalized spacial score (nSPS) is 20.4. The van der Waals surface area contributed by atoms with Crippen LogP contribution in [0.3, 0.4) is 0 Å². The SMILES string of the molecule is Cc1cccc(N2N=C(C(=O)N3CC(C(=O)N4CCOCC4)Oc4ccccc43)CCC2=O)c1. The van der Waals surface area contributed by atoms with Gasteiger partial charge in [-0.25, -0.2) is 5.01 Å². The second-order valence-corrected chi connectivity index (χ2v) is 8.52. The van der Waals surface area contributed by atoms with Crippen molar-refractivity contribution in [2.45, 2.75) is 25.9 Å². The van der Waals surface area contributed by atoms with E-state index in [4.69, 9.17) is 9.47 Å². The number of aryl methyl sites for hydroxylation is 1. The van der Waals surface area contributed by atoms with Crippen LogP contribution in [0.4, 0.5) is 11.4 Å². The predicted octanol–water partition coefficient (Wildman–Crippen LogP) is 2.13. The number of rotatable bonds is 3. The number of para-hydroxylation sites is 2. The minimum Gasteiger partial charge on any atom is -0.476 e. The van der Waals surface area contributed by atoms with Crippen molar-refractivity contribution in [2.75, 3.05) is 42.8 Å². The number of ether oxygens (including phenoxy) is 2. The van der Waals surface area contributed by atoms with E-state index in [1.54, 1.807) is 34.1 Å². The van der Waals surface area contributed by atoms with Crippen molar-refractivity contribution >= 4 is 34.8 Å². The fourth-order valence-corrected chi connectivity index (χ4v) is 4.37. The number of benzene rings is 2. The lowest BCUT2D eigenvalue weighted by Crippen LogP contribution is -2.55. The number of amides is 3. The van der Waals surface area contributed by atoms with Gasteiger partial charge in [-0.3, -0.25) is 19.3 Å². The fourth-order valence-electron chi connectivity index (χ4n) is 4.37. The van der Waals surface area contributed by atoms with Gasteiger partial charge in [0.05, 0.1) is 31.1 Å². The molecule has 0 aromatic heterocycles. The third-order valence-electron chi connectivity index (χ3n) is 6.14. The molecule has 1 atom stereocenters. The second kappa shape index (κ2) is 9.26. The molecule has 0 bridgehead atoms. The molecule has 3 aliphatic rings. The highest BCUT2D eigenvalue weighted by Gasteiger charge is 2.38. The number of anilines is 2. The first-order valence-electron chi connectivity index (χ1n) is 11.4. The van der Waals surface area contributed by atoms with Gasteiger partial charge in [-0.15, -0.1) is 0 Å². The molecule has 2 aromatic rings. The molecule has 1 unspecified atom stereocenters. The Labute approximate surface area is 197 Å². The number of hydrazone groups is 1. The standard InChI is InChI=1S/C25H26N4O5/c1-17-5-4-6-18(15-17)29-23(30)10-9-19(26-29)24(31)28-16-22(25(32)27-11-13-33-14-12-27)34-21-8-3-2-7-20(21)28/h2-8,15,22H,9-14,16H2,1H3. The third-order valence-corrected chi connectivity index (χ3v) is 6.14. The number of carbonyl (C=O) groups excluding carboxylic acids is 3. The van der Waals surface area contributed by atoms with Crippen molar-refractivity contribution in [2.24, 2.45) is 5.10 Å². The van der Waals surface area contributed by atoms with Gasteiger partial charge < -0.3 is 14.4 Å². The lowest BCUT2D eigenvalue weighted by atomic mass is 10.1. The maximum absolute atomic E-state index is 13.7. The van der Waals surface area contributed by atoms with Crippen LogP contribution in [0.2, 0.25) is 0 Å².